The third-order valence-corrected chi connectivity index (χ3v) is 7.61. The molecule has 2 aromatic carbocycles. The van der Waals surface area contributed by atoms with E-state index in [1.807, 2.05) is 60.0 Å². The zero-order valence-electron chi connectivity index (χ0n) is 26.4. The molecular formula is C34H45N3O7. The lowest BCUT2D eigenvalue weighted by Crippen LogP contribution is -2.53. The van der Waals surface area contributed by atoms with E-state index in [9.17, 15) is 9.59 Å². The number of ether oxygens (including phenoxy) is 5. The van der Waals surface area contributed by atoms with Gasteiger partial charge in [0.2, 0.25) is 0 Å². The van der Waals surface area contributed by atoms with Gasteiger partial charge in [-0.15, -0.1) is 0 Å². The molecule has 1 N–H and O–H groups in total. The molecule has 2 unspecified atom stereocenters. The van der Waals surface area contributed by atoms with Gasteiger partial charge in [0.25, 0.3) is 5.91 Å². The van der Waals surface area contributed by atoms with Crippen molar-refractivity contribution in [2.45, 2.75) is 59.2 Å². The third kappa shape index (κ3) is 8.05. The molecule has 1 fully saturated rings. The van der Waals surface area contributed by atoms with Gasteiger partial charge in [-0.2, -0.15) is 0 Å². The molecule has 10 nitrogen and oxygen atoms in total. The molecule has 44 heavy (non-hydrogen) atoms. The highest BCUT2D eigenvalue weighted by Gasteiger charge is 2.39. The Hall–Kier alpha value is -4.18. The smallest absolute Gasteiger partial charge is 0.312 e. The van der Waals surface area contributed by atoms with E-state index in [0.717, 1.165) is 37.2 Å². The molecule has 238 valence electrons. The predicted molar refractivity (Wildman–Crippen MR) is 168 cm³/mol. The molecule has 0 aliphatic carbocycles. The number of hydrogen-bond acceptors (Lipinski definition) is 8. The summed E-state index contributed by atoms with van der Waals surface area (Å²) in [5.41, 5.74) is 1.65. The first-order chi connectivity index (χ1) is 21.4. The molecule has 0 spiro atoms. The molecular weight excluding hydrogens is 562 g/mol. The normalized spacial score (nSPS) is 14.8. The van der Waals surface area contributed by atoms with Crippen molar-refractivity contribution < 1.29 is 33.3 Å². The molecule has 1 amide bonds. The van der Waals surface area contributed by atoms with Crippen LogP contribution in [0.5, 0.6) is 23.0 Å². The standard InChI is InChI=1S/C34H45N3O7/c1-6-41-29-20-25(21-30(42-7-2)31(29)36-18-9-10-19-36)23-37(26-14-16-35-17-15-26)33(38)32(24(4)34(39)43-8-3)44-28-13-11-12-27(22-28)40-5/h9-13,18-22,24,26,32,35H,6-8,14-17,23H2,1-5H3. The molecule has 1 aliphatic rings. The van der Waals surface area contributed by atoms with Crippen LogP contribution >= 0.6 is 0 Å². The second kappa shape index (κ2) is 16.0. The van der Waals surface area contributed by atoms with Crippen LogP contribution in [0.1, 0.15) is 46.1 Å². The maximum Gasteiger partial charge on any atom is 0.312 e. The number of nitrogens with one attached hydrogen (secondary N) is 1. The summed E-state index contributed by atoms with van der Waals surface area (Å²) >= 11 is 0. The number of hydrogen-bond donors (Lipinski definition) is 1. The van der Waals surface area contributed by atoms with Crippen LogP contribution in [0, 0.1) is 5.92 Å². The second-order valence-corrected chi connectivity index (χ2v) is 10.6. The van der Waals surface area contributed by atoms with Crippen molar-refractivity contribution in [3.05, 3.63) is 66.5 Å². The van der Waals surface area contributed by atoms with Crippen LogP contribution < -0.4 is 24.3 Å². The summed E-state index contributed by atoms with van der Waals surface area (Å²) in [6, 6.07) is 14.8. The third-order valence-electron chi connectivity index (χ3n) is 7.61. The fourth-order valence-electron chi connectivity index (χ4n) is 5.45. The minimum atomic E-state index is -1.12. The van der Waals surface area contributed by atoms with Crippen LogP contribution in [0.15, 0.2) is 60.9 Å². The first-order valence-corrected chi connectivity index (χ1v) is 15.4. The maximum absolute atomic E-state index is 14.6. The van der Waals surface area contributed by atoms with Gasteiger partial charge in [0.1, 0.15) is 34.6 Å². The van der Waals surface area contributed by atoms with Gasteiger partial charge in [-0.05, 0) is 95.6 Å². The molecule has 3 aromatic rings. The molecule has 2 heterocycles. The van der Waals surface area contributed by atoms with Crippen LogP contribution in [0.4, 0.5) is 0 Å². The Balaban J connectivity index is 1.75. The number of methoxy groups -OCH3 is 1. The Morgan fingerprint density at radius 2 is 1.57 bits per heavy atom. The first kappa shape index (κ1) is 32.7. The van der Waals surface area contributed by atoms with Crippen LogP contribution in [0.2, 0.25) is 0 Å². The Bertz CT molecular complexity index is 1330. The van der Waals surface area contributed by atoms with E-state index in [0.29, 0.717) is 36.2 Å². The van der Waals surface area contributed by atoms with Crippen LogP contribution in [-0.4, -0.2) is 73.5 Å². The van der Waals surface area contributed by atoms with Crippen LogP contribution in [0.3, 0.4) is 0 Å². The number of piperidine rings is 1. The van der Waals surface area contributed by atoms with E-state index < -0.39 is 18.0 Å². The quantitative estimate of drug-likeness (QED) is 0.241. The molecule has 2 atom stereocenters. The lowest BCUT2D eigenvalue weighted by Gasteiger charge is -2.38. The molecule has 10 heteroatoms. The van der Waals surface area contributed by atoms with Crippen molar-refractivity contribution >= 4 is 11.9 Å². The molecule has 1 aliphatic heterocycles. The number of amides is 1. The highest BCUT2D eigenvalue weighted by Crippen LogP contribution is 2.36. The van der Waals surface area contributed by atoms with Gasteiger partial charge in [-0.1, -0.05) is 6.07 Å². The van der Waals surface area contributed by atoms with Gasteiger partial charge in [0.15, 0.2) is 6.10 Å². The van der Waals surface area contributed by atoms with Crippen LogP contribution in [0.25, 0.3) is 5.69 Å². The summed E-state index contributed by atoms with van der Waals surface area (Å²) in [6.07, 6.45) is 4.31. The number of benzene rings is 2. The highest BCUT2D eigenvalue weighted by atomic mass is 16.5. The van der Waals surface area contributed by atoms with Crippen molar-refractivity contribution in [1.29, 1.82) is 0 Å². The van der Waals surface area contributed by atoms with Gasteiger partial charge >= 0.3 is 5.97 Å². The molecule has 1 saturated heterocycles. The number of carbonyl (C=O) groups is 2. The topological polar surface area (TPSA) is 100 Å². The largest absolute Gasteiger partial charge is 0.497 e. The molecule has 0 radical (unpaired) electrons. The fraction of sp³-hybridized carbons (Fsp3) is 0.471. The van der Waals surface area contributed by atoms with E-state index in [2.05, 4.69) is 5.32 Å². The minimum absolute atomic E-state index is 0.0650. The van der Waals surface area contributed by atoms with Gasteiger partial charge in [-0.3, -0.25) is 9.59 Å². The Kier molecular flexibility index (Phi) is 11.9. The summed E-state index contributed by atoms with van der Waals surface area (Å²) in [5.74, 6) is 0.697. The van der Waals surface area contributed by atoms with Gasteiger partial charge in [0.05, 0.1) is 26.9 Å². The Labute approximate surface area is 260 Å². The summed E-state index contributed by atoms with van der Waals surface area (Å²) in [5, 5.41) is 3.39. The van der Waals surface area contributed by atoms with E-state index in [1.165, 1.54) is 0 Å². The van der Waals surface area contributed by atoms with Crippen molar-refractivity contribution in [2.24, 2.45) is 5.92 Å². The van der Waals surface area contributed by atoms with E-state index in [-0.39, 0.29) is 25.1 Å². The molecule has 0 saturated carbocycles. The highest BCUT2D eigenvalue weighted by molar-refractivity contribution is 5.88. The van der Waals surface area contributed by atoms with E-state index in [1.54, 1.807) is 45.2 Å². The SMILES string of the molecule is CCOC(=O)C(C)C(Oc1cccc(OC)c1)C(=O)N(Cc1cc(OCC)c(-n2cccc2)c(OCC)c1)C1CCNCC1. The molecule has 1 aromatic heterocycles. The molecule has 0 bridgehead atoms. The number of nitrogens with zero attached hydrogens (tertiary/aromatic N) is 2. The van der Waals surface area contributed by atoms with Crippen LogP contribution in [-0.2, 0) is 20.9 Å². The monoisotopic (exact) mass is 607 g/mol. The summed E-state index contributed by atoms with van der Waals surface area (Å²) in [4.78, 5) is 29.5. The summed E-state index contributed by atoms with van der Waals surface area (Å²) in [7, 11) is 1.57. The predicted octanol–water partition coefficient (Wildman–Crippen LogP) is 5.01. The Morgan fingerprint density at radius 3 is 2.16 bits per heavy atom. The number of aromatic nitrogens is 1. The van der Waals surface area contributed by atoms with Gasteiger partial charge in [-0.25, -0.2) is 0 Å². The molecule has 4 rings (SSSR count). The van der Waals surface area contributed by atoms with E-state index in [4.69, 9.17) is 23.7 Å². The van der Waals surface area contributed by atoms with Crippen molar-refractivity contribution in [1.82, 2.24) is 14.8 Å². The summed E-state index contributed by atoms with van der Waals surface area (Å²) < 4.78 is 31.2. The fourth-order valence-corrected chi connectivity index (χ4v) is 5.45. The average molecular weight is 608 g/mol. The lowest BCUT2D eigenvalue weighted by atomic mass is 9.98. The number of rotatable bonds is 15. The van der Waals surface area contributed by atoms with Crippen molar-refractivity contribution in [2.75, 3.05) is 40.0 Å². The number of carbonyl (C=O) groups excluding carboxylic acids is 2. The first-order valence-electron chi connectivity index (χ1n) is 15.4. The average Bonchev–Trinajstić information content (AvgIpc) is 3.57. The number of esters is 1. The maximum atomic E-state index is 14.6. The van der Waals surface area contributed by atoms with Gasteiger partial charge < -0.3 is 38.5 Å². The van der Waals surface area contributed by atoms with E-state index >= 15 is 0 Å². The van der Waals surface area contributed by atoms with Gasteiger partial charge in [0, 0.05) is 31.0 Å². The Morgan fingerprint density at radius 1 is 0.932 bits per heavy atom. The van der Waals surface area contributed by atoms with Crippen molar-refractivity contribution in [3.63, 3.8) is 0 Å². The lowest BCUT2D eigenvalue weighted by molar-refractivity contribution is -0.158. The second-order valence-electron chi connectivity index (χ2n) is 10.6. The summed E-state index contributed by atoms with van der Waals surface area (Å²) in [6.45, 7) is 10.3. The zero-order chi connectivity index (χ0) is 31.5. The van der Waals surface area contributed by atoms with Crippen molar-refractivity contribution in [3.8, 4) is 28.7 Å². The zero-order valence-corrected chi connectivity index (χ0v) is 26.4. The minimum Gasteiger partial charge on any atom is -0.497 e.